The lowest BCUT2D eigenvalue weighted by molar-refractivity contribution is -0.116. The van der Waals surface area contributed by atoms with E-state index in [1.807, 2.05) is 12.1 Å². The largest absolute Gasteiger partial charge is 0.337 e. The zero-order chi connectivity index (χ0) is 13.6. The minimum Gasteiger partial charge on any atom is -0.312 e. The van der Waals surface area contributed by atoms with Gasteiger partial charge in [-0.05, 0) is 18.6 Å². The van der Waals surface area contributed by atoms with Gasteiger partial charge in [0.15, 0.2) is 0 Å². The number of carbonyl (C=O) groups excluding carboxylic acids is 1. The molecule has 0 saturated carbocycles. The molecule has 0 radical (unpaired) electrons. The second-order valence-electron chi connectivity index (χ2n) is 3.55. The van der Waals surface area contributed by atoms with Crippen LogP contribution in [0.25, 0.3) is 0 Å². The summed E-state index contributed by atoms with van der Waals surface area (Å²) in [7, 11) is -0.738. The molecule has 0 unspecified atom stereocenters. The molecule has 0 atom stereocenters. The molecule has 0 saturated heterocycles. The van der Waals surface area contributed by atoms with Crippen LogP contribution in [-0.2, 0) is 24.8 Å². The number of nitrogens with zero attached hydrogens (tertiary/aromatic N) is 1. The Hall–Kier alpha value is -0.990. The van der Waals surface area contributed by atoms with Gasteiger partial charge in [0.05, 0.1) is 0 Å². The Morgan fingerprint density at radius 2 is 2.11 bits per heavy atom. The quantitative estimate of drug-likeness (QED) is 0.720. The van der Waals surface area contributed by atoms with Crippen molar-refractivity contribution in [1.29, 1.82) is 5.26 Å². The van der Waals surface area contributed by atoms with E-state index in [1.165, 1.54) is 25.6 Å². The first-order valence-electron chi connectivity index (χ1n) is 5.24. The van der Waals surface area contributed by atoms with E-state index in [2.05, 4.69) is 0 Å². The SMILES string of the molecule is COP(=O)(CC(=O)CCc1ccc(C#N)s1)OC. The van der Waals surface area contributed by atoms with Crippen LogP contribution in [0.1, 0.15) is 16.2 Å². The molecule has 0 aliphatic carbocycles. The van der Waals surface area contributed by atoms with Crippen molar-refractivity contribution in [3.8, 4) is 6.07 Å². The van der Waals surface area contributed by atoms with E-state index in [4.69, 9.17) is 14.3 Å². The zero-order valence-corrected chi connectivity index (χ0v) is 11.9. The number of aryl methyl sites for hydroxylation is 1. The molecule has 0 aliphatic heterocycles. The molecule has 1 aromatic heterocycles. The summed E-state index contributed by atoms with van der Waals surface area (Å²) in [6, 6.07) is 5.58. The molecule has 0 N–H and O–H groups in total. The van der Waals surface area contributed by atoms with E-state index < -0.39 is 7.60 Å². The van der Waals surface area contributed by atoms with Crippen molar-refractivity contribution in [3.05, 3.63) is 21.9 Å². The highest BCUT2D eigenvalue weighted by atomic mass is 32.1. The molecule has 1 rings (SSSR count). The fourth-order valence-electron chi connectivity index (χ4n) is 1.33. The van der Waals surface area contributed by atoms with E-state index in [-0.39, 0.29) is 18.4 Å². The van der Waals surface area contributed by atoms with Gasteiger partial charge in [-0.15, -0.1) is 11.3 Å². The molecule has 0 bridgehead atoms. The van der Waals surface area contributed by atoms with E-state index in [0.29, 0.717) is 11.3 Å². The standard InChI is InChI=1S/C11H14NO4PS/c1-15-17(14,16-2)8-9(13)3-4-10-5-6-11(7-12)18-10/h5-6H,3-4,8H2,1-2H3. The van der Waals surface area contributed by atoms with Gasteiger partial charge in [-0.3, -0.25) is 9.36 Å². The number of hydrogen-bond donors (Lipinski definition) is 0. The monoisotopic (exact) mass is 287 g/mol. The first-order chi connectivity index (χ1) is 8.53. The van der Waals surface area contributed by atoms with Crippen LogP contribution >= 0.6 is 18.9 Å². The van der Waals surface area contributed by atoms with Gasteiger partial charge >= 0.3 is 7.60 Å². The van der Waals surface area contributed by atoms with E-state index in [9.17, 15) is 9.36 Å². The molecule has 0 aliphatic rings. The maximum atomic E-state index is 11.7. The summed E-state index contributed by atoms with van der Waals surface area (Å²) in [6.07, 6.45) is 0.594. The molecular formula is C11H14NO4PS. The highest BCUT2D eigenvalue weighted by Gasteiger charge is 2.25. The first-order valence-corrected chi connectivity index (χ1v) is 7.78. The summed E-state index contributed by atoms with van der Waals surface area (Å²) in [5.74, 6) is -0.172. The van der Waals surface area contributed by atoms with Gasteiger partial charge in [-0.25, -0.2) is 0 Å². The van der Waals surface area contributed by atoms with Crippen LogP contribution in [0.5, 0.6) is 0 Å². The van der Waals surface area contributed by atoms with Gasteiger partial charge < -0.3 is 9.05 Å². The lowest BCUT2D eigenvalue weighted by Gasteiger charge is -2.12. The highest BCUT2D eigenvalue weighted by molar-refractivity contribution is 7.54. The number of thiophene rings is 1. The third-order valence-corrected chi connectivity index (χ3v) is 5.25. The van der Waals surface area contributed by atoms with Crippen LogP contribution in [0.3, 0.4) is 0 Å². The molecule has 18 heavy (non-hydrogen) atoms. The number of Topliss-reactive ketones (excluding diaryl/α,β-unsaturated/α-hetero) is 1. The van der Waals surface area contributed by atoms with Gasteiger partial charge in [0.25, 0.3) is 0 Å². The molecule has 5 nitrogen and oxygen atoms in total. The van der Waals surface area contributed by atoms with Gasteiger partial charge in [0, 0.05) is 25.5 Å². The Bertz CT molecular complexity index is 497. The maximum absolute atomic E-state index is 11.7. The minimum atomic E-state index is -3.26. The van der Waals surface area contributed by atoms with Gasteiger partial charge in [0.2, 0.25) is 0 Å². The normalized spacial score (nSPS) is 11.2. The minimum absolute atomic E-state index is 0.172. The van der Waals surface area contributed by atoms with Crippen molar-refractivity contribution in [1.82, 2.24) is 0 Å². The van der Waals surface area contributed by atoms with Crippen LogP contribution < -0.4 is 0 Å². The summed E-state index contributed by atoms with van der Waals surface area (Å²) in [4.78, 5) is 13.2. The summed E-state index contributed by atoms with van der Waals surface area (Å²) in [5.41, 5.74) is 0. The first kappa shape index (κ1) is 15.1. The van der Waals surface area contributed by atoms with E-state index >= 15 is 0 Å². The Labute approximate surface area is 110 Å². The Kier molecular flexibility index (Phi) is 5.70. The van der Waals surface area contributed by atoms with E-state index in [1.54, 1.807) is 6.07 Å². The van der Waals surface area contributed by atoms with Crippen molar-refractivity contribution in [2.75, 3.05) is 20.4 Å². The van der Waals surface area contributed by atoms with Gasteiger partial charge in [0.1, 0.15) is 22.9 Å². The molecule has 7 heteroatoms. The Balaban J connectivity index is 2.47. The van der Waals surface area contributed by atoms with Crippen molar-refractivity contribution in [2.24, 2.45) is 0 Å². The Morgan fingerprint density at radius 1 is 1.44 bits per heavy atom. The van der Waals surface area contributed by atoms with Crippen LogP contribution in [0.2, 0.25) is 0 Å². The average molecular weight is 287 g/mol. The molecule has 0 fully saturated rings. The molecular weight excluding hydrogens is 273 g/mol. The third-order valence-electron chi connectivity index (χ3n) is 2.35. The molecule has 1 heterocycles. The van der Waals surface area contributed by atoms with E-state index in [0.717, 1.165) is 4.88 Å². The van der Waals surface area contributed by atoms with Crippen LogP contribution in [0.15, 0.2) is 12.1 Å². The predicted octanol–water partition coefficient (Wildman–Crippen LogP) is 2.61. The second kappa shape index (κ2) is 6.81. The van der Waals surface area contributed by atoms with Gasteiger partial charge in [-0.1, -0.05) is 0 Å². The second-order valence-corrected chi connectivity index (χ2v) is 6.99. The number of nitriles is 1. The fraction of sp³-hybridized carbons (Fsp3) is 0.455. The van der Waals surface area contributed by atoms with Crippen molar-refractivity contribution in [3.63, 3.8) is 0 Å². The Morgan fingerprint density at radius 3 is 2.61 bits per heavy atom. The topological polar surface area (TPSA) is 76.4 Å². The summed E-state index contributed by atoms with van der Waals surface area (Å²) >= 11 is 1.36. The van der Waals surface area contributed by atoms with Crippen molar-refractivity contribution >= 4 is 24.7 Å². The average Bonchev–Trinajstić information content (AvgIpc) is 2.84. The highest BCUT2D eigenvalue weighted by Crippen LogP contribution is 2.46. The summed E-state index contributed by atoms with van der Waals surface area (Å²) < 4.78 is 21.1. The zero-order valence-electron chi connectivity index (χ0n) is 10.2. The lowest BCUT2D eigenvalue weighted by atomic mass is 10.2. The molecule has 0 amide bonds. The summed E-state index contributed by atoms with van der Waals surface area (Å²) in [5, 5.41) is 8.67. The molecule has 0 spiro atoms. The summed E-state index contributed by atoms with van der Waals surface area (Å²) in [6.45, 7) is 0. The third kappa shape index (κ3) is 4.35. The number of carbonyl (C=O) groups is 1. The van der Waals surface area contributed by atoms with Crippen molar-refractivity contribution in [2.45, 2.75) is 12.8 Å². The molecule has 0 aromatic carbocycles. The smallest absolute Gasteiger partial charge is 0.312 e. The number of hydrogen-bond acceptors (Lipinski definition) is 6. The van der Waals surface area contributed by atoms with Crippen LogP contribution in [0.4, 0.5) is 0 Å². The van der Waals surface area contributed by atoms with Crippen LogP contribution in [-0.4, -0.2) is 26.2 Å². The van der Waals surface area contributed by atoms with Gasteiger partial charge in [-0.2, -0.15) is 5.26 Å². The molecule has 98 valence electrons. The fourth-order valence-corrected chi connectivity index (χ4v) is 3.14. The van der Waals surface area contributed by atoms with Crippen molar-refractivity contribution < 1.29 is 18.4 Å². The van der Waals surface area contributed by atoms with Crippen LogP contribution in [0, 0.1) is 11.3 Å². The molecule has 1 aromatic rings. The maximum Gasteiger partial charge on any atom is 0.337 e. The number of ketones is 1. The lowest BCUT2D eigenvalue weighted by Crippen LogP contribution is -2.08. The number of rotatable bonds is 7. The predicted molar refractivity (Wildman–Crippen MR) is 68.9 cm³/mol.